The lowest BCUT2D eigenvalue weighted by Gasteiger charge is -2.12. The van der Waals surface area contributed by atoms with Gasteiger partial charge in [0.05, 0.1) is 17.5 Å². The van der Waals surface area contributed by atoms with Gasteiger partial charge in [-0.3, -0.25) is 9.36 Å². The second kappa shape index (κ2) is 8.01. The highest BCUT2D eigenvalue weighted by molar-refractivity contribution is 9.10. The van der Waals surface area contributed by atoms with Gasteiger partial charge >= 0.3 is 0 Å². The van der Waals surface area contributed by atoms with Crippen LogP contribution in [0, 0.1) is 5.82 Å². The first-order valence-electron chi connectivity index (χ1n) is 7.80. The van der Waals surface area contributed by atoms with Crippen LogP contribution < -0.4 is 10.3 Å². The molecule has 0 bridgehead atoms. The van der Waals surface area contributed by atoms with Gasteiger partial charge in [-0.1, -0.05) is 39.8 Å². The molecule has 0 aliphatic heterocycles. The van der Waals surface area contributed by atoms with E-state index < -0.39 is 0 Å². The van der Waals surface area contributed by atoms with Crippen molar-refractivity contribution in [2.24, 2.45) is 0 Å². The van der Waals surface area contributed by atoms with Crippen molar-refractivity contribution in [1.29, 1.82) is 0 Å². The smallest absolute Gasteiger partial charge is 0.262 e. The van der Waals surface area contributed by atoms with Crippen molar-refractivity contribution in [1.82, 2.24) is 9.55 Å². The van der Waals surface area contributed by atoms with Gasteiger partial charge < -0.3 is 4.74 Å². The normalized spacial score (nSPS) is 11.0. The molecule has 130 valence electrons. The van der Waals surface area contributed by atoms with Gasteiger partial charge in [-0.05, 0) is 37.3 Å². The number of benzene rings is 2. The van der Waals surface area contributed by atoms with Crippen LogP contribution in [0.5, 0.6) is 5.75 Å². The summed E-state index contributed by atoms with van der Waals surface area (Å²) in [5.74, 6) is 0.405. The Kier molecular flexibility index (Phi) is 5.75. The highest BCUT2D eigenvalue weighted by Crippen LogP contribution is 2.21. The minimum atomic E-state index is -0.382. The fourth-order valence-corrected chi connectivity index (χ4v) is 3.65. The van der Waals surface area contributed by atoms with Crippen LogP contribution in [0.4, 0.5) is 4.39 Å². The molecule has 1 heterocycles. The van der Waals surface area contributed by atoms with Gasteiger partial charge in [-0.25, -0.2) is 9.37 Å². The first-order chi connectivity index (χ1) is 12.1. The highest BCUT2D eigenvalue weighted by atomic mass is 79.9. The Bertz CT molecular complexity index is 961. The van der Waals surface area contributed by atoms with E-state index in [-0.39, 0.29) is 17.1 Å². The molecular formula is C18H16BrFN2O2S. The maximum atomic E-state index is 13.5. The van der Waals surface area contributed by atoms with Crippen molar-refractivity contribution in [3.63, 3.8) is 0 Å². The van der Waals surface area contributed by atoms with E-state index in [1.54, 1.807) is 28.8 Å². The summed E-state index contributed by atoms with van der Waals surface area (Å²) in [6, 6.07) is 11.8. The number of para-hydroxylation sites is 1. The number of nitrogens with zero attached hydrogens (tertiary/aromatic N) is 2. The molecule has 2 aromatic carbocycles. The minimum absolute atomic E-state index is 0.0636. The van der Waals surface area contributed by atoms with Crippen molar-refractivity contribution in [3.8, 4) is 5.75 Å². The molecule has 7 heteroatoms. The third kappa shape index (κ3) is 4.04. The fraction of sp³-hybridized carbons (Fsp3) is 0.222. The zero-order chi connectivity index (χ0) is 17.8. The molecule has 3 rings (SSSR count). The number of ether oxygens (including phenoxy) is 1. The molecule has 0 spiro atoms. The Morgan fingerprint density at radius 2 is 2.08 bits per heavy atom. The monoisotopic (exact) mass is 422 g/mol. The zero-order valence-corrected chi connectivity index (χ0v) is 15.9. The second-order valence-electron chi connectivity index (χ2n) is 5.23. The first-order valence-corrected chi connectivity index (χ1v) is 9.58. The van der Waals surface area contributed by atoms with Crippen molar-refractivity contribution < 1.29 is 9.13 Å². The summed E-state index contributed by atoms with van der Waals surface area (Å²) in [5, 5.41) is 1.22. The standard InChI is InChI=1S/C18H16BrFN2O2S/c1-2-22-17(23)13-11-12(19)7-8-15(13)21-18(22)25-10-9-24-16-6-4-3-5-14(16)20/h3-8,11H,2,9-10H2,1H3. The van der Waals surface area contributed by atoms with Crippen LogP contribution in [0.25, 0.3) is 10.9 Å². The summed E-state index contributed by atoms with van der Waals surface area (Å²) >= 11 is 4.81. The molecule has 0 atom stereocenters. The molecule has 0 N–H and O–H groups in total. The van der Waals surface area contributed by atoms with E-state index >= 15 is 0 Å². The summed E-state index contributed by atoms with van der Waals surface area (Å²) in [4.78, 5) is 17.2. The van der Waals surface area contributed by atoms with Crippen LogP contribution in [0.2, 0.25) is 0 Å². The lowest BCUT2D eigenvalue weighted by molar-refractivity contribution is 0.324. The number of thioether (sulfide) groups is 1. The van der Waals surface area contributed by atoms with E-state index in [0.717, 1.165) is 4.47 Å². The molecule has 3 aromatic rings. The van der Waals surface area contributed by atoms with Crippen LogP contribution in [0.15, 0.2) is 56.9 Å². The number of fused-ring (bicyclic) bond motifs is 1. The predicted octanol–water partition coefficient (Wildman–Crippen LogP) is 4.49. The lowest BCUT2D eigenvalue weighted by Crippen LogP contribution is -2.22. The average molecular weight is 423 g/mol. The van der Waals surface area contributed by atoms with Gasteiger partial charge in [-0.2, -0.15) is 0 Å². The zero-order valence-electron chi connectivity index (χ0n) is 13.5. The lowest BCUT2D eigenvalue weighted by atomic mass is 10.2. The maximum Gasteiger partial charge on any atom is 0.262 e. The minimum Gasteiger partial charge on any atom is -0.490 e. The SMILES string of the molecule is CCn1c(SCCOc2ccccc2F)nc2ccc(Br)cc2c1=O. The van der Waals surface area contributed by atoms with E-state index in [2.05, 4.69) is 20.9 Å². The van der Waals surface area contributed by atoms with Crippen LogP contribution in [-0.4, -0.2) is 21.9 Å². The quantitative estimate of drug-likeness (QED) is 0.333. The van der Waals surface area contributed by atoms with Gasteiger partial charge in [0.15, 0.2) is 16.7 Å². The Morgan fingerprint density at radius 3 is 2.84 bits per heavy atom. The molecule has 0 saturated carbocycles. The fourth-order valence-electron chi connectivity index (χ4n) is 2.41. The van der Waals surface area contributed by atoms with E-state index in [9.17, 15) is 9.18 Å². The van der Waals surface area contributed by atoms with Crippen molar-refractivity contribution >= 4 is 38.6 Å². The Labute approximate surface area is 157 Å². The maximum absolute atomic E-state index is 13.5. The first kappa shape index (κ1) is 17.9. The number of hydrogen-bond donors (Lipinski definition) is 0. The summed E-state index contributed by atoms with van der Waals surface area (Å²) < 4.78 is 21.5. The Hall–Kier alpha value is -1.86. The summed E-state index contributed by atoms with van der Waals surface area (Å²) in [7, 11) is 0. The van der Waals surface area contributed by atoms with Gasteiger partial charge in [0.1, 0.15) is 0 Å². The molecule has 0 aliphatic rings. The number of aromatic nitrogens is 2. The van der Waals surface area contributed by atoms with Gasteiger partial charge in [0.2, 0.25) is 0 Å². The molecule has 0 fully saturated rings. The largest absolute Gasteiger partial charge is 0.490 e. The van der Waals surface area contributed by atoms with Crippen LogP contribution in [-0.2, 0) is 6.54 Å². The van der Waals surface area contributed by atoms with Gasteiger partial charge in [-0.15, -0.1) is 0 Å². The molecule has 0 saturated heterocycles. The van der Waals surface area contributed by atoms with Crippen LogP contribution >= 0.6 is 27.7 Å². The van der Waals surface area contributed by atoms with Crippen LogP contribution in [0.3, 0.4) is 0 Å². The molecule has 1 aromatic heterocycles. The highest BCUT2D eigenvalue weighted by Gasteiger charge is 2.11. The van der Waals surface area contributed by atoms with E-state index in [1.807, 2.05) is 19.1 Å². The van der Waals surface area contributed by atoms with Crippen LogP contribution in [0.1, 0.15) is 6.92 Å². The predicted molar refractivity (Wildman–Crippen MR) is 102 cm³/mol. The van der Waals surface area contributed by atoms with E-state index in [1.165, 1.54) is 17.8 Å². The van der Waals surface area contributed by atoms with Gasteiger partial charge in [0, 0.05) is 16.8 Å². The van der Waals surface area contributed by atoms with E-state index in [0.29, 0.717) is 35.0 Å². The third-order valence-corrected chi connectivity index (χ3v) is 5.04. The number of hydrogen-bond acceptors (Lipinski definition) is 4. The van der Waals surface area contributed by atoms with Crippen molar-refractivity contribution in [3.05, 3.63) is 63.1 Å². The average Bonchev–Trinajstić information content (AvgIpc) is 2.61. The summed E-state index contributed by atoms with van der Waals surface area (Å²) in [6.45, 7) is 2.77. The van der Waals surface area contributed by atoms with Crippen molar-refractivity contribution in [2.75, 3.05) is 12.4 Å². The number of rotatable bonds is 6. The second-order valence-corrected chi connectivity index (χ2v) is 7.21. The molecule has 0 amide bonds. The topological polar surface area (TPSA) is 44.1 Å². The molecule has 25 heavy (non-hydrogen) atoms. The van der Waals surface area contributed by atoms with Gasteiger partial charge in [0.25, 0.3) is 5.56 Å². The third-order valence-electron chi connectivity index (χ3n) is 3.61. The summed E-state index contributed by atoms with van der Waals surface area (Å²) in [5.41, 5.74) is 0.599. The summed E-state index contributed by atoms with van der Waals surface area (Å²) in [6.07, 6.45) is 0. The Morgan fingerprint density at radius 1 is 1.28 bits per heavy atom. The van der Waals surface area contributed by atoms with Crippen molar-refractivity contribution in [2.45, 2.75) is 18.6 Å². The molecule has 0 aliphatic carbocycles. The Balaban J connectivity index is 1.76. The van der Waals surface area contributed by atoms with E-state index in [4.69, 9.17) is 4.74 Å². The molecular weight excluding hydrogens is 407 g/mol. The molecule has 4 nitrogen and oxygen atoms in total. The number of halogens is 2. The molecule has 0 unspecified atom stereocenters. The molecule has 0 radical (unpaired) electrons.